The Balaban J connectivity index is 1.91. The normalized spacial score (nSPS) is 19.1. The van der Waals surface area contributed by atoms with Gasteiger partial charge in [0, 0.05) is 35.6 Å². The van der Waals surface area contributed by atoms with Crippen LogP contribution in [0.4, 0.5) is 4.39 Å². The molecule has 3 atom stereocenters. The van der Waals surface area contributed by atoms with E-state index in [1.807, 2.05) is 17.6 Å². The van der Waals surface area contributed by atoms with E-state index in [1.165, 1.54) is 6.07 Å². The zero-order valence-electron chi connectivity index (χ0n) is 16.8. The van der Waals surface area contributed by atoms with Crippen LogP contribution in [0.1, 0.15) is 55.3 Å². The lowest BCUT2D eigenvalue weighted by Gasteiger charge is -2.24. The highest BCUT2D eigenvalue weighted by molar-refractivity contribution is 6.30. The molecule has 0 saturated heterocycles. The summed E-state index contributed by atoms with van der Waals surface area (Å²) in [6.45, 7) is 4.14. The van der Waals surface area contributed by atoms with Gasteiger partial charge in [0.1, 0.15) is 23.8 Å². The fourth-order valence-corrected chi connectivity index (χ4v) is 3.98. The van der Waals surface area contributed by atoms with Crippen molar-refractivity contribution in [3.63, 3.8) is 0 Å². The van der Waals surface area contributed by atoms with Crippen LogP contribution in [-0.4, -0.2) is 32.8 Å². The second kappa shape index (κ2) is 8.81. The number of aryl methyl sites for hydroxylation is 1. The highest BCUT2D eigenvalue weighted by Crippen LogP contribution is 2.42. The quantitative estimate of drug-likeness (QED) is 0.581. The molecule has 6 nitrogen and oxygen atoms in total. The number of nitrogens with zero attached hydrogens (tertiary/aromatic N) is 3. The fraction of sp³-hybridized carbons (Fsp3) is 0.364. The number of halogens is 2. The average molecular weight is 432 g/mol. The van der Waals surface area contributed by atoms with E-state index >= 15 is 0 Å². The van der Waals surface area contributed by atoms with E-state index in [-0.39, 0.29) is 12.2 Å². The highest BCUT2D eigenvalue weighted by Gasteiger charge is 2.35. The standard InChI is InChI=1S/C22H23ClFN3O3/c1-3-19-25-26-22-18(12-20(28)29-4-2)30-21(14-7-5-6-8-16(14)24)15-11-13(23)9-10-17(15)27(19)22/h5-11,18,20-21,28H,3-4,12H2,1-2H3. The van der Waals surface area contributed by atoms with E-state index in [0.29, 0.717) is 35.0 Å². The molecule has 1 aliphatic rings. The largest absolute Gasteiger partial charge is 0.368 e. The summed E-state index contributed by atoms with van der Waals surface area (Å²) in [5, 5.41) is 19.5. The number of hydrogen-bond donors (Lipinski definition) is 1. The van der Waals surface area contributed by atoms with Crippen LogP contribution in [0.2, 0.25) is 5.02 Å². The molecule has 4 rings (SSSR count). The lowest BCUT2D eigenvalue weighted by Crippen LogP contribution is -2.21. The van der Waals surface area contributed by atoms with E-state index in [4.69, 9.17) is 21.1 Å². The van der Waals surface area contributed by atoms with E-state index < -0.39 is 18.5 Å². The molecule has 1 N–H and O–H groups in total. The fourth-order valence-electron chi connectivity index (χ4n) is 3.80. The molecule has 158 valence electrons. The molecular weight excluding hydrogens is 409 g/mol. The number of aliphatic hydroxyl groups is 1. The number of fused-ring (bicyclic) bond motifs is 3. The molecule has 0 fully saturated rings. The van der Waals surface area contributed by atoms with E-state index in [9.17, 15) is 9.50 Å². The molecule has 0 radical (unpaired) electrons. The molecular formula is C22H23ClFN3O3. The first kappa shape index (κ1) is 20.9. The van der Waals surface area contributed by atoms with Crippen LogP contribution in [-0.2, 0) is 15.9 Å². The second-order valence-corrected chi connectivity index (χ2v) is 7.47. The van der Waals surface area contributed by atoms with Gasteiger partial charge in [-0.1, -0.05) is 36.7 Å². The van der Waals surface area contributed by atoms with Crippen LogP contribution >= 0.6 is 11.6 Å². The van der Waals surface area contributed by atoms with Crippen molar-refractivity contribution in [1.29, 1.82) is 0 Å². The molecule has 2 heterocycles. The summed E-state index contributed by atoms with van der Waals surface area (Å²) in [6.07, 6.45) is -1.70. The first-order valence-corrected chi connectivity index (χ1v) is 10.3. The number of rotatable bonds is 6. The van der Waals surface area contributed by atoms with E-state index in [2.05, 4.69) is 10.2 Å². The molecule has 1 aromatic heterocycles. The van der Waals surface area contributed by atoms with Crippen LogP contribution in [0.3, 0.4) is 0 Å². The SMILES string of the molecule is CCOC(O)CC1OC(c2ccccc2F)c2cc(Cl)ccc2-n2c(CC)nnc21. The summed E-state index contributed by atoms with van der Waals surface area (Å²) < 4.78 is 28.4. The Labute approximate surface area is 179 Å². The van der Waals surface area contributed by atoms with Crippen molar-refractivity contribution in [1.82, 2.24) is 14.8 Å². The smallest absolute Gasteiger partial charge is 0.167 e. The van der Waals surface area contributed by atoms with Gasteiger partial charge in [-0.3, -0.25) is 4.57 Å². The molecule has 0 spiro atoms. The maximum atomic E-state index is 14.8. The molecule has 8 heteroatoms. The van der Waals surface area contributed by atoms with Gasteiger partial charge in [-0.2, -0.15) is 0 Å². The van der Waals surface area contributed by atoms with Crippen molar-refractivity contribution < 1.29 is 19.0 Å². The summed E-state index contributed by atoms with van der Waals surface area (Å²) in [6, 6.07) is 11.9. The summed E-state index contributed by atoms with van der Waals surface area (Å²) >= 11 is 6.31. The van der Waals surface area contributed by atoms with Crippen molar-refractivity contribution in [2.45, 2.75) is 45.2 Å². The van der Waals surface area contributed by atoms with Crippen LogP contribution in [0.5, 0.6) is 0 Å². The Hall–Kier alpha value is -2.32. The monoisotopic (exact) mass is 431 g/mol. The summed E-state index contributed by atoms with van der Waals surface area (Å²) in [4.78, 5) is 0. The summed E-state index contributed by atoms with van der Waals surface area (Å²) in [5.41, 5.74) is 1.86. The number of ether oxygens (including phenoxy) is 2. The van der Waals surface area contributed by atoms with Gasteiger partial charge in [-0.25, -0.2) is 4.39 Å². The minimum Gasteiger partial charge on any atom is -0.368 e. The van der Waals surface area contributed by atoms with Crippen molar-refractivity contribution in [2.75, 3.05) is 6.61 Å². The van der Waals surface area contributed by atoms with Crippen molar-refractivity contribution >= 4 is 11.6 Å². The molecule has 0 amide bonds. The van der Waals surface area contributed by atoms with Crippen LogP contribution < -0.4 is 0 Å². The van der Waals surface area contributed by atoms with Crippen LogP contribution in [0.25, 0.3) is 5.69 Å². The first-order chi connectivity index (χ1) is 14.5. The Morgan fingerprint density at radius 3 is 2.73 bits per heavy atom. The average Bonchev–Trinajstić information content (AvgIpc) is 3.11. The Bertz CT molecular complexity index is 1040. The third-order valence-electron chi connectivity index (χ3n) is 5.14. The van der Waals surface area contributed by atoms with Gasteiger partial charge >= 0.3 is 0 Å². The zero-order valence-corrected chi connectivity index (χ0v) is 17.5. The number of benzene rings is 2. The van der Waals surface area contributed by atoms with Gasteiger partial charge in [0.2, 0.25) is 0 Å². The van der Waals surface area contributed by atoms with Crippen molar-refractivity contribution in [2.24, 2.45) is 0 Å². The van der Waals surface area contributed by atoms with Gasteiger partial charge in [-0.05, 0) is 31.2 Å². The molecule has 1 aliphatic heterocycles. The number of hydrogen-bond acceptors (Lipinski definition) is 5. The Kier molecular flexibility index (Phi) is 6.15. The predicted octanol–water partition coefficient (Wildman–Crippen LogP) is 4.53. The molecule has 30 heavy (non-hydrogen) atoms. The van der Waals surface area contributed by atoms with Gasteiger partial charge in [-0.15, -0.1) is 10.2 Å². The lowest BCUT2D eigenvalue weighted by molar-refractivity contribution is -0.132. The van der Waals surface area contributed by atoms with Gasteiger partial charge in [0.15, 0.2) is 12.1 Å². The second-order valence-electron chi connectivity index (χ2n) is 7.04. The van der Waals surface area contributed by atoms with Crippen LogP contribution in [0.15, 0.2) is 42.5 Å². The zero-order chi connectivity index (χ0) is 21.3. The molecule has 2 aromatic carbocycles. The molecule has 0 saturated carbocycles. The van der Waals surface area contributed by atoms with Gasteiger partial charge in [0.05, 0.1) is 5.69 Å². The van der Waals surface area contributed by atoms with Crippen molar-refractivity contribution in [3.05, 3.63) is 76.1 Å². The molecule has 3 unspecified atom stereocenters. The predicted molar refractivity (Wildman–Crippen MR) is 110 cm³/mol. The number of aliphatic hydroxyl groups excluding tert-OH is 1. The number of aromatic nitrogens is 3. The lowest BCUT2D eigenvalue weighted by atomic mass is 9.99. The molecule has 0 bridgehead atoms. The van der Waals surface area contributed by atoms with E-state index in [1.54, 1.807) is 37.3 Å². The first-order valence-electron chi connectivity index (χ1n) is 9.97. The molecule has 0 aliphatic carbocycles. The summed E-state index contributed by atoms with van der Waals surface area (Å²) in [5.74, 6) is 0.890. The minimum absolute atomic E-state index is 0.127. The molecule has 3 aromatic rings. The Morgan fingerprint density at radius 1 is 1.20 bits per heavy atom. The highest BCUT2D eigenvalue weighted by atomic mass is 35.5. The van der Waals surface area contributed by atoms with Gasteiger partial charge in [0.25, 0.3) is 0 Å². The maximum Gasteiger partial charge on any atom is 0.167 e. The van der Waals surface area contributed by atoms with Crippen LogP contribution in [0, 0.1) is 5.82 Å². The minimum atomic E-state index is -1.05. The summed E-state index contributed by atoms with van der Waals surface area (Å²) in [7, 11) is 0. The Morgan fingerprint density at radius 2 is 2.00 bits per heavy atom. The maximum absolute atomic E-state index is 14.8. The third kappa shape index (κ3) is 3.86. The van der Waals surface area contributed by atoms with Crippen molar-refractivity contribution in [3.8, 4) is 5.69 Å². The topological polar surface area (TPSA) is 69.4 Å². The van der Waals surface area contributed by atoms with E-state index in [0.717, 1.165) is 11.5 Å². The third-order valence-corrected chi connectivity index (χ3v) is 5.37. The van der Waals surface area contributed by atoms with Gasteiger partial charge < -0.3 is 14.6 Å².